The van der Waals surface area contributed by atoms with E-state index in [9.17, 15) is 9.59 Å². The van der Waals surface area contributed by atoms with Gasteiger partial charge in [-0.05, 0) is 43.2 Å². The van der Waals surface area contributed by atoms with E-state index in [0.717, 1.165) is 11.1 Å². The monoisotopic (exact) mass is 309 g/mol. The maximum Gasteiger partial charge on any atom is 0.237 e. The summed E-state index contributed by atoms with van der Waals surface area (Å²) in [5, 5.41) is 0. The predicted molar refractivity (Wildman–Crippen MR) is 88.5 cm³/mol. The van der Waals surface area contributed by atoms with Gasteiger partial charge in [0.2, 0.25) is 11.8 Å². The molecule has 0 radical (unpaired) electrons. The van der Waals surface area contributed by atoms with Gasteiger partial charge in [-0.25, -0.2) is 0 Å². The minimum absolute atomic E-state index is 0.123. The Morgan fingerprint density at radius 1 is 1.13 bits per heavy atom. The first kappa shape index (κ1) is 15.3. The third kappa shape index (κ3) is 3.11. The maximum atomic E-state index is 12.6. The van der Waals surface area contributed by atoms with Crippen LogP contribution in [0.3, 0.4) is 0 Å². The molecular weight excluding hydrogens is 290 g/mol. The maximum absolute atomic E-state index is 12.6. The summed E-state index contributed by atoms with van der Waals surface area (Å²) in [6.45, 7) is 2.02. The van der Waals surface area contributed by atoms with Gasteiger partial charge in [-0.1, -0.05) is 29.8 Å². The summed E-state index contributed by atoms with van der Waals surface area (Å²) in [5.41, 5.74) is 2.85. The van der Waals surface area contributed by atoms with Crippen molar-refractivity contribution in [2.24, 2.45) is 5.92 Å². The number of amides is 2. The summed E-state index contributed by atoms with van der Waals surface area (Å²) in [7, 11) is 1.58. The Hall–Kier alpha value is -2.62. The molecule has 4 heteroatoms. The lowest BCUT2D eigenvalue weighted by Gasteiger charge is -2.15. The lowest BCUT2D eigenvalue weighted by Crippen LogP contribution is -2.30. The molecule has 118 valence electrons. The molecule has 3 rings (SSSR count). The standard InChI is InChI=1S/C19H19NO3/c1-13-4-3-5-14(10-13)11-15-12-18(21)20(19(15)22)16-6-8-17(23-2)9-7-16/h3-10,15H,11-12H2,1-2H3/t15-/m1/s1. The number of hydrogen-bond acceptors (Lipinski definition) is 3. The Kier molecular flexibility index (Phi) is 4.15. The summed E-state index contributed by atoms with van der Waals surface area (Å²) in [6, 6.07) is 15.1. The van der Waals surface area contributed by atoms with Gasteiger partial charge >= 0.3 is 0 Å². The minimum atomic E-state index is -0.286. The number of anilines is 1. The highest BCUT2D eigenvalue weighted by Gasteiger charge is 2.39. The number of methoxy groups -OCH3 is 1. The van der Waals surface area contributed by atoms with Crippen molar-refractivity contribution in [1.82, 2.24) is 0 Å². The zero-order valence-corrected chi connectivity index (χ0v) is 13.3. The lowest BCUT2D eigenvalue weighted by molar-refractivity contribution is -0.122. The molecule has 0 spiro atoms. The van der Waals surface area contributed by atoms with Crippen molar-refractivity contribution in [1.29, 1.82) is 0 Å². The van der Waals surface area contributed by atoms with Crippen molar-refractivity contribution in [3.8, 4) is 5.75 Å². The Bertz CT molecular complexity index is 737. The van der Waals surface area contributed by atoms with Gasteiger partial charge in [-0.15, -0.1) is 0 Å². The second-order valence-electron chi connectivity index (χ2n) is 5.86. The van der Waals surface area contributed by atoms with E-state index in [4.69, 9.17) is 4.74 Å². The van der Waals surface area contributed by atoms with Crippen molar-refractivity contribution < 1.29 is 14.3 Å². The number of carbonyl (C=O) groups excluding carboxylic acids is 2. The van der Waals surface area contributed by atoms with E-state index in [1.807, 2.05) is 25.1 Å². The molecule has 1 fully saturated rings. The average Bonchev–Trinajstić information content (AvgIpc) is 2.81. The second-order valence-corrected chi connectivity index (χ2v) is 5.86. The number of benzene rings is 2. The summed E-state index contributed by atoms with van der Waals surface area (Å²) < 4.78 is 5.11. The van der Waals surface area contributed by atoms with Gasteiger partial charge in [0.1, 0.15) is 5.75 Å². The second kappa shape index (κ2) is 6.24. The molecule has 0 saturated carbocycles. The molecule has 0 bridgehead atoms. The first-order chi connectivity index (χ1) is 11.1. The molecule has 2 aromatic carbocycles. The smallest absolute Gasteiger partial charge is 0.237 e. The zero-order valence-electron chi connectivity index (χ0n) is 13.3. The average molecular weight is 309 g/mol. The molecule has 2 aromatic rings. The van der Waals surface area contributed by atoms with Crippen LogP contribution in [0.2, 0.25) is 0 Å². The van der Waals surface area contributed by atoms with Crippen LogP contribution >= 0.6 is 0 Å². The van der Waals surface area contributed by atoms with Crippen LogP contribution in [0.4, 0.5) is 5.69 Å². The molecule has 0 N–H and O–H groups in total. The Labute approximate surface area is 135 Å². The Morgan fingerprint density at radius 3 is 2.52 bits per heavy atom. The molecular formula is C19H19NO3. The van der Waals surface area contributed by atoms with Gasteiger partial charge in [-0.2, -0.15) is 0 Å². The first-order valence-corrected chi connectivity index (χ1v) is 7.65. The van der Waals surface area contributed by atoms with Gasteiger partial charge in [-0.3, -0.25) is 14.5 Å². The molecule has 4 nitrogen and oxygen atoms in total. The molecule has 1 aliphatic rings. The summed E-state index contributed by atoms with van der Waals surface area (Å²) in [6.07, 6.45) is 0.859. The fourth-order valence-corrected chi connectivity index (χ4v) is 2.98. The number of ether oxygens (including phenoxy) is 1. The molecule has 0 unspecified atom stereocenters. The van der Waals surface area contributed by atoms with E-state index in [0.29, 0.717) is 17.9 Å². The van der Waals surface area contributed by atoms with Gasteiger partial charge in [0.05, 0.1) is 18.7 Å². The van der Waals surface area contributed by atoms with Crippen LogP contribution in [-0.2, 0) is 16.0 Å². The summed E-state index contributed by atoms with van der Waals surface area (Å²) >= 11 is 0. The van der Waals surface area contributed by atoms with E-state index in [-0.39, 0.29) is 24.2 Å². The zero-order chi connectivity index (χ0) is 16.4. The fourth-order valence-electron chi connectivity index (χ4n) is 2.98. The third-order valence-electron chi connectivity index (χ3n) is 4.14. The highest BCUT2D eigenvalue weighted by Crippen LogP contribution is 2.29. The lowest BCUT2D eigenvalue weighted by atomic mass is 9.97. The van der Waals surface area contributed by atoms with Crippen LogP contribution in [0.15, 0.2) is 48.5 Å². The van der Waals surface area contributed by atoms with Gasteiger partial charge < -0.3 is 4.74 Å². The van der Waals surface area contributed by atoms with E-state index in [1.165, 1.54) is 4.90 Å². The van der Waals surface area contributed by atoms with Crippen molar-refractivity contribution in [2.75, 3.05) is 12.0 Å². The van der Waals surface area contributed by atoms with Crippen LogP contribution in [0.1, 0.15) is 17.5 Å². The number of hydrogen-bond donors (Lipinski definition) is 0. The number of aryl methyl sites for hydroxylation is 1. The van der Waals surface area contributed by atoms with Crippen LogP contribution in [-0.4, -0.2) is 18.9 Å². The van der Waals surface area contributed by atoms with Crippen LogP contribution in [0, 0.1) is 12.8 Å². The highest BCUT2D eigenvalue weighted by atomic mass is 16.5. The highest BCUT2D eigenvalue weighted by molar-refractivity contribution is 6.21. The van der Waals surface area contributed by atoms with Crippen molar-refractivity contribution in [3.05, 3.63) is 59.7 Å². The van der Waals surface area contributed by atoms with E-state index < -0.39 is 0 Å². The number of imide groups is 1. The normalized spacial score (nSPS) is 17.7. The molecule has 1 heterocycles. The Balaban J connectivity index is 1.79. The quantitative estimate of drug-likeness (QED) is 0.815. The molecule has 1 saturated heterocycles. The fraction of sp³-hybridized carbons (Fsp3) is 0.263. The molecule has 1 aliphatic heterocycles. The third-order valence-corrected chi connectivity index (χ3v) is 4.14. The van der Waals surface area contributed by atoms with E-state index >= 15 is 0 Å². The number of carbonyl (C=O) groups is 2. The summed E-state index contributed by atoms with van der Waals surface area (Å²) in [5.74, 6) is 0.148. The van der Waals surface area contributed by atoms with Crippen molar-refractivity contribution in [3.63, 3.8) is 0 Å². The van der Waals surface area contributed by atoms with E-state index in [2.05, 4.69) is 6.07 Å². The first-order valence-electron chi connectivity index (χ1n) is 7.65. The van der Waals surface area contributed by atoms with Gasteiger partial charge in [0.25, 0.3) is 0 Å². The number of rotatable bonds is 4. The topological polar surface area (TPSA) is 46.6 Å². The molecule has 0 aromatic heterocycles. The van der Waals surface area contributed by atoms with Gasteiger partial charge in [0, 0.05) is 6.42 Å². The molecule has 1 atom stereocenters. The largest absolute Gasteiger partial charge is 0.497 e. The van der Waals surface area contributed by atoms with Crippen LogP contribution in [0.5, 0.6) is 5.75 Å². The van der Waals surface area contributed by atoms with Crippen molar-refractivity contribution in [2.45, 2.75) is 19.8 Å². The van der Waals surface area contributed by atoms with E-state index in [1.54, 1.807) is 31.4 Å². The number of nitrogens with zero attached hydrogens (tertiary/aromatic N) is 1. The molecule has 2 amide bonds. The molecule has 0 aliphatic carbocycles. The predicted octanol–water partition coefficient (Wildman–Crippen LogP) is 3.13. The van der Waals surface area contributed by atoms with Crippen molar-refractivity contribution >= 4 is 17.5 Å². The SMILES string of the molecule is COc1ccc(N2C(=O)C[C@@H](Cc3cccc(C)c3)C2=O)cc1. The van der Waals surface area contributed by atoms with Gasteiger partial charge in [0.15, 0.2) is 0 Å². The summed E-state index contributed by atoms with van der Waals surface area (Å²) in [4.78, 5) is 26.2. The Morgan fingerprint density at radius 2 is 1.87 bits per heavy atom. The van der Waals surface area contributed by atoms with Crippen LogP contribution in [0.25, 0.3) is 0 Å². The minimum Gasteiger partial charge on any atom is -0.497 e. The molecule has 23 heavy (non-hydrogen) atoms. The van der Waals surface area contributed by atoms with Crippen LogP contribution < -0.4 is 9.64 Å².